The zero-order valence-electron chi connectivity index (χ0n) is 45.5. The molecule has 0 aromatic heterocycles. The van der Waals surface area contributed by atoms with Gasteiger partial charge in [0.2, 0.25) is 0 Å². The van der Waals surface area contributed by atoms with Crippen molar-refractivity contribution in [3.8, 4) is 0 Å². The molecule has 0 aromatic carbocycles. The molecule has 0 aliphatic heterocycles. The quantitative estimate of drug-likeness (QED) is 0.0262. The lowest BCUT2D eigenvalue weighted by Crippen LogP contribution is -2.30. The van der Waals surface area contributed by atoms with Gasteiger partial charge in [0.15, 0.2) is 6.10 Å². The van der Waals surface area contributed by atoms with E-state index < -0.39 is 6.10 Å². The summed E-state index contributed by atoms with van der Waals surface area (Å²) in [6, 6.07) is 0. The second-order valence-electron chi connectivity index (χ2n) is 18.8. The maximum absolute atomic E-state index is 12.7. The molecular weight excluding hydrogens is 865 g/mol. The topological polar surface area (TPSA) is 78.9 Å². The van der Waals surface area contributed by atoms with Crippen LogP contribution in [-0.4, -0.2) is 37.2 Å². The number of esters is 3. The first-order chi connectivity index (χ1) is 34.5. The lowest BCUT2D eigenvalue weighted by Gasteiger charge is -2.18. The molecule has 0 amide bonds. The lowest BCUT2D eigenvalue weighted by molar-refractivity contribution is -0.167. The predicted octanol–water partition coefficient (Wildman–Crippen LogP) is 19.5. The Labute approximate surface area is 431 Å². The molecule has 0 heterocycles. The van der Waals surface area contributed by atoms with E-state index in [0.29, 0.717) is 19.3 Å². The fraction of sp³-hybridized carbons (Fsp3) is 0.672. The van der Waals surface area contributed by atoms with Gasteiger partial charge in [-0.05, 0) is 89.9 Å². The Hall–Kier alpha value is -3.93. The van der Waals surface area contributed by atoms with E-state index in [9.17, 15) is 14.4 Å². The number of rotatable bonds is 51. The zero-order chi connectivity index (χ0) is 50.7. The highest BCUT2D eigenvalue weighted by Gasteiger charge is 2.19. The fourth-order valence-corrected chi connectivity index (χ4v) is 7.73. The monoisotopic (exact) mass is 971 g/mol. The number of ether oxygens (including phenoxy) is 3. The minimum absolute atomic E-state index is 0.0834. The first kappa shape index (κ1) is 66.1. The average molecular weight is 972 g/mol. The van der Waals surface area contributed by atoms with Gasteiger partial charge in [-0.3, -0.25) is 14.4 Å². The van der Waals surface area contributed by atoms with Crippen molar-refractivity contribution in [1.29, 1.82) is 0 Å². The molecule has 0 aliphatic rings. The highest BCUT2D eigenvalue weighted by Crippen LogP contribution is 2.15. The van der Waals surface area contributed by atoms with Crippen molar-refractivity contribution in [2.24, 2.45) is 0 Å². The van der Waals surface area contributed by atoms with E-state index in [0.717, 1.165) is 141 Å². The average Bonchev–Trinajstić information content (AvgIpc) is 3.36. The van der Waals surface area contributed by atoms with Crippen LogP contribution in [0, 0.1) is 0 Å². The summed E-state index contributed by atoms with van der Waals surface area (Å²) >= 11 is 0. The van der Waals surface area contributed by atoms with Gasteiger partial charge >= 0.3 is 17.9 Å². The Morgan fingerprint density at radius 1 is 0.300 bits per heavy atom. The summed E-state index contributed by atoms with van der Waals surface area (Å²) in [6.45, 7) is 6.42. The van der Waals surface area contributed by atoms with Crippen LogP contribution in [0.3, 0.4) is 0 Å². The molecule has 0 aliphatic carbocycles. The maximum Gasteiger partial charge on any atom is 0.306 e. The van der Waals surface area contributed by atoms with Crippen molar-refractivity contribution in [3.05, 3.63) is 109 Å². The largest absolute Gasteiger partial charge is 0.462 e. The highest BCUT2D eigenvalue weighted by molar-refractivity contribution is 5.71. The van der Waals surface area contributed by atoms with Gasteiger partial charge in [-0.2, -0.15) is 0 Å². The van der Waals surface area contributed by atoms with Crippen LogP contribution in [0.25, 0.3) is 0 Å². The van der Waals surface area contributed by atoms with Gasteiger partial charge in [-0.25, -0.2) is 0 Å². The van der Waals surface area contributed by atoms with Crippen LogP contribution in [-0.2, 0) is 28.6 Å². The highest BCUT2D eigenvalue weighted by atomic mass is 16.6. The molecule has 0 spiro atoms. The molecule has 0 saturated heterocycles. The van der Waals surface area contributed by atoms with E-state index in [1.165, 1.54) is 77.0 Å². The van der Waals surface area contributed by atoms with Crippen molar-refractivity contribution < 1.29 is 28.6 Å². The molecule has 70 heavy (non-hydrogen) atoms. The Morgan fingerprint density at radius 3 is 0.871 bits per heavy atom. The summed E-state index contributed by atoms with van der Waals surface area (Å²) < 4.78 is 16.7. The van der Waals surface area contributed by atoms with Gasteiger partial charge in [-0.15, -0.1) is 0 Å². The van der Waals surface area contributed by atoms with E-state index in [1.54, 1.807) is 0 Å². The SMILES string of the molecule is CC/C=C\C/C=C\C/C=C\C/C=C\C/C=C\C/C=C\C/C=C\C/C=C\C/C=C\CCCCCCCC(=O)OCC(COC(=O)CCCCCCC)OC(=O)CCCCCCCCCCCCCCCC. The third-order valence-corrected chi connectivity index (χ3v) is 12.0. The Bertz CT molecular complexity index is 1440. The zero-order valence-corrected chi connectivity index (χ0v) is 45.5. The van der Waals surface area contributed by atoms with Crippen molar-refractivity contribution in [2.45, 2.75) is 264 Å². The van der Waals surface area contributed by atoms with Gasteiger partial charge in [0.25, 0.3) is 0 Å². The summed E-state index contributed by atoms with van der Waals surface area (Å²) in [5, 5.41) is 0. The summed E-state index contributed by atoms with van der Waals surface area (Å²) in [5.41, 5.74) is 0. The number of hydrogen-bond acceptors (Lipinski definition) is 6. The van der Waals surface area contributed by atoms with E-state index in [1.807, 2.05) is 0 Å². The Morgan fingerprint density at radius 2 is 0.557 bits per heavy atom. The molecule has 6 heteroatoms. The molecule has 6 nitrogen and oxygen atoms in total. The van der Waals surface area contributed by atoms with Crippen LogP contribution < -0.4 is 0 Å². The van der Waals surface area contributed by atoms with Gasteiger partial charge in [0.1, 0.15) is 13.2 Å². The van der Waals surface area contributed by atoms with E-state index in [4.69, 9.17) is 14.2 Å². The first-order valence-electron chi connectivity index (χ1n) is 28.9. The predicted molar refractivity (Wildman–Crippen MR) is 302 cm³/mol. The molecular formula is C64H106O6. The number of carbonyl (C=O) groups is 3. The minimum atomic E-state index is -0.780. The number of carbonyl (C=O) groups excluding carboxylic acids is 3. The summed E-state index contributed by atoms with van der Waals surface area (Å²) in [6.07, 6.45) is 78.4. The summed E-state index contributed by atoms with van der Waals surface area (Å²) in [4.78, 5) is 37.7. The second-order valence-corrected chi connectivity index (χ2v) is 18.8. The Balaban J connectivity index is 4.11. The molecule has 1 unspecified atom stereocenters. The van der Waals surface area contributed by atoms with E-state index >= 15 is 0 Å². The van der Waals surface area contributed by atoms with Gasteiger partial charge in [0.05, 0.1) is 0 Å². The van der Waals surface area contributed by atoms with E-state index in [-0.39, 0.29) is 31.1 Å². The van der Waals surface area contributed by atoms with Crippen LogP contribution >= 0.6 is 0 Å². The number of unbranched alkanes of at least 4 members (excludes halogenated alkanes) is 22. The molecule has 0 N–H and O–H groups in total. The molecule has 1 atom stereocenters. The third kappa shape index (κ3) is 55.0. The van der Waals surface area contributed by atoms with Crippen LogP contribution in [0.15, 0.2) is 109 Å². The number of hydrogen-bond donors (Lipinski definition) is 0. The fourth-order valence-electron chi connectivity index (χ4n) is 7.73. The second kappa shape index (κ2) is 57.6. The summed E-state index contributed by atoms with van der Waals surface area (Å²) in [5.74, 6) is -0.916. The normalized spacial score (nSPS) is 12.9. The molecule has 0 bridgehead atoms. The van der Waals surface area contributed by atoms with Crippen LogP contribution in [0.1, 0.15) is 258 Å². The smallest absolute Gasteiger partial charge is 0.306 e. The van der Waals surface area contributed by atoms with Crippen molar-refractivity contribution in [2.75, 3.05) is 13.2 Å². The molecule has 398 valence electrons. The molecule has 0 fully saturated rings. The van der Waals surface area contributed by atoms with Gasteiger partial charge in [-0.1, -0.05) is 259 Å². The summed E-state index contributed by atoms with van der Waals surface area (Å²) in [7, 11) is 0. The maximum atomic E-state index is 12.7. The Kier molecular flexibility index (Phi) is 54.4. The standard InChI is InChI=1S/C64H106O6/c1-4-7-10-13-15-17-19-21-23-24-25-26-27-28-29-30-31-32-33-34-35-36-37-38-39-40-41-43-44-46-48-51-54-57-63(66)69-60-61(59-68-62(65)56-53-50-12-9-6-3)70-64(67)58-55-52-49-47-45-42-22-20-18-16-14-11-8-5-2/h7,10,15,17,21,23,25-26,28-29,31-32,34-35,37-38,40-41,61H,4-6,8-9,11-14,16,18-20,22,24,27,30,33,36,39,42-60H2,1-3H3/b10-7-,17-15-,23-21-,26-25-,29-28-,32-31-,35-34-,38-37-,41-40-. The first-order valence-corrected chi connectivity index (χ1v) is 28.9. The van der Waals surface area contributed by atoms with Crippen LogP contribution in [0.4, 0.5) is 0 Å². The van der Waals surface area contributed by atoms with Crippen molar-refractivity contribution in [3.63, 3.8) is 0 Å². The molecule has 0 saturated carbocycles. The van der Waals surface area contributed by atoms with Crippen molar-refractivity contribution >= 4 is 17.9 Å². The van der Waals surface area contributed by atoms with Crippen molar-refractivity contribution in [1.82, 2.24) is 0 Å². The number of allylic oxidation sites excluding steroid dienone is 18. The van der Waals surface area contributed by atoms with Crippen LogP contribution in [0.2, 0.25) is 0 Å². The third-order valence-electron chi connectivity index (χ3n) is 12.0. The van der Waals surface area contributed by atoms with Gasteiger partial charge in [0, 0.05) is 19.3 Å². The molecule has 0 radical (unpaired) electrons. The van der Waals surface area contributed by atoms with Gasteiger partial charge < -0.3 is 14.2 Å². The molecule has 0 aromatic rings. The van der Waals surface area contributed by atoms with Crippen LogP contribution in [0.5, 0.6) is 0 Å². The minimum Gasteiger partial charge on any atom is -0.462 e. The lowest BCUT2D eigenvalue weighted by atomic mass is 10.0. The molecule has 0 rings (SSSR count). The van der Waals surface area contributed by atoms with E-state index in [2.05, 4.69) is 130 Å².